The Bertz CT molecular complexity index is 549. The summed E-state index contributed by atoms with van der Waals surface area (Å²) >= 11 is 0. The van der Waals surface area contributed by atoms with Crippen molar-refractivity contribution in [3.8, 4) is 0 Å². The molecule has 1 saturated heterocycles. The normalized spacial score (nSPS) is 15.7. The van der Waals surface area contributed by atoms with Crippen LogP contribution in [0.2, 0.25) is 0 Å². The number of amides is 2. The number of quaternary nitrogens is 1. The number of hydrogen-bond acceptors (Lipinski definition) is 2. The summed E-state index contributed by atoms with van der Waals surface area (Å²) in [5.41, 5.74) is 3.00. The SMILES string of the molecule is Cc1cccc(NC(=O)CNC(=O)C[NH+]2CCCCCC2)c1C. The maximum absolute atomic E-state index is 12.0. The molecule has 2 amide bonds. The van der Waals surface area contributed by atoms with Gasteiger partial charge in [-0.3, -0.25) is 9.59 Å². The number of anilines is 1. The molecule has 23 heavy (non-hydrogen) atoms. The molecular weight excluding hydrogens is 290 g/mol. The van der Waals surface area contributed by atoms with Crippen LogP contribution >= 0.6 is 0 Å². The molecule has 5 nitrogen and oxygen atoms in total. The van der Waals surface area contributed by atoms with E-state index in [0.29, 0.717) is 6.54 Å². The van der Waals surface area contributed by atoms with Gasteiger partial charge in [0, 0.05) is 5.69 Å². The van der Waals surface area contributed by atoms with E-state index in [1.54, 1.807) is 0 Å². The molecule has 1 aromatic rings. The summed E-state index contributed by atoms with van der Waals surface area (Å²) in [7, 11) is 0. The zero-order valence-corrected chi connectivity index (χ0v) is 14.2. The van der Waals surface area contributed by atoms with Crippen LogP contribution in [-0.4, -0.2) is 38.0 Å². The fourth-order valence-corrected chi connectivity index (χ4v) is 2.95. The van der Waals surface area contributed by atoms with Crippen LogP contribution in [0.15, 0.2) is 18.2 Å². The van der Waals surface area contributed by atoms with Gasteiger partial charge in [-0.2, -0.15) is 0 Å². The number of hydrogen-bond donors (Lipinski definition) is 3. The number of aryl methyl sites for hydroxylation is 1. The lowest BCUT2D eigenvalue weighted by Gasteiger charge is -2.16. The average molecular weight is 318 g/mol. The van der Waals surface area contributed by atoms with E-state index in [4.69, 9.17) is 0 Å². The zero-order chi connectivity index (χ0) is 16.7. The van der Waals surface area contributed by atoms with Crippen molar-refractivity contribution in [1.82, 2.24) is 5.32 Å². The number of rotatable bonds is 5. The highest BCUT2D eigenvalue weighted by molar-refractivity contribution is 5.95. The van der Waals surface area contributed by atoms with Crippen molar-refractivity contribution >= 4 is 17.5 Å². The van der Waals surface area contributed by atoms with Crippen LogP contribution in [0.5, 0.6) is 0 Å². The Balaban J connectivity index is 1.75. The third-order valence-electron chi connectivity index (χ3n) is 4.55. The minimum atomic E-state index is -0.182. The molecule has 0 aromatic heterocycles. The van der Waals surface area contributed by atoms with E-state index in [0.717, 1.165) is 29.9 Å². The molecule has 0 atom stereocenters. The van der Waals surface area contributed by atoms with Gasteiger partial charge in [0.25, 0.3) is 5.91 Å². The highest BCUT2D eigenvalue weighted by Gasteiger charge is 2.16. The Morgan fingerprint density at radius 1 is 1.04 bits per heavy atom. The van der Waals surface area contributed by atoms with E-state index >= 15 is 0 Å². The van der Waals surface area contributed by atoms with E-state index in [9.17, 15) is 9.59 Å². The third kappa shape index (κ3) is 5.67. The van der Waals surface area contributed by atoms with Gasteiger partial charge >= 0.3 is 0 Å². The quantitative estimate of drug-likeness (QED) is 0.752. The van der Waals surface area contributed by atoms with Crippen LogP contribution in [-0.2, 0) is 9.59 Å². The Morgan fingerprint density at radius 2 is 1.74 bits per heavy atom. The van der Waals surface area contributed by atoms with Gasteiger partial charge in [-0.1, -0.05) is 12.1 Å². The molecule has 0 unspecified atom stereocenters. The van der Waals surface area contributed by atoms with Gasteiger partial charge in [0.15, 0.2) is 6.54 Å². The zero-order valence-electron chi connectivity index (χ0n) is 14.2. The Morgan fingerprint density at radius 3 is 2.43 bits per heavy atom. The van der Waals surface area contributed by atoms with Gasteiger partial charge in [0.05, 0.1) is 19.6 Å². The van der Waals surface area contributed by atoms with Crippen molar-refractivity contribution in [2.24, 2.45) is 0 Å². The predicted octanol–water partition coefficient (Wildman–Crippen LogP) is 0.817. The molecule has 5 heteroatoms. The third-order valence-corrected chi connectivity index (χ3v) is 4.55. The standard InChI is InChI=1S/C18H27N3O2/c1-14-8-7-9-16(15(14)2)20-17(22)12-19-18(23)13-21-10-5-3-4-6-11-21/h7-9H,3-6,10-13H2,1-2H3,(H,19,23)(H,20,22)/p+1. The van der Waals surface area contributed by atoms with Crippen molar-refractivity contribution < 1.29 is 14.5 Å². The molecule has 1 fully saturated rings. The molecule has 3 N–H and O–H groups in total. The molecule has 1 aliphatic heterocycles. The molecule has 0 aliphatic carbocycles. The van der Waals surface area contributed by atoms with E-state index in [1.807, 2.05) is 32.0 Å². The fraction of sp³-hybridized carbons (Fsp3) is 0.556. The fourth-order valence-electron chi connectivity index (χ4n) is 2.95. The molecule has 0 radical (unpaired) electrons. The van der Waals surface area contributed by atoms with Gasteiger partial charge in [-0.05, 0) is 56.7 Å². The molecule has 1 heterocycles. The smallest absolute Gasteiger partial charge is 0.275 e. The minimum Gasteiger partial charge on any atom is -0.342 e. The predicted molar refractivity (Wildman–Crippen MR) is 91.6 cm³/mol. The van der Waals surface area contributed by atoms with E-state index in [2.05, 4.69) is 10.6 Å². The van der Waals surface area contributed by atoms with Gasteiger partial charge in [-0.15, -0.1) is 0 Å². The monoisotopic (exact) mass is 318 g/mol. The maximum Gasteiger partial charge on any atom is 0.275 e. The van der Waals surface area contributed by atoms with E-state index in [1.165, 1.54) is 30.6 Å². The van der Waals surface area contributed by atoms with Crippen molar-refractivity contribution in [1.29, 1.82) is 0 Å². The summed E-state index contributed by atoms with van der Waals surface area (Å²) in [6, 6.07) is 5.80. The lowest BCUT2D eigenvalue weighted by atomic mass is 10.1. The molecule has 126 valence electrons. The van der Waals surface area contributed by atoms with Crippen molar-refractivity contribution in [2.75, 3.05) is 31.5 Å². The highest BCUT2D eigenvalue weighted by Crippen LogP contribution is 2.17. The van der Waals surface area contributed by atoms with Gasteiger partial charge in [0.1, 0.15) is 0 Å². The topological polar surface area (TPSA) is 62.6 Å². The van der Waals surface area contributed by atoms with Crippen LogP contribution < -0.4 is 15.5 Å². The average Bonchev–Trinajstić information content (AvgIpc) is 2.78. The minimum absolute atomic E-state index is 0.0273. The van der Waals surface area contributed by atoms with Crippen molar-refractivity contribution in [2.45, 2.75) is 39.5 Å². The largest absolute Gasteiger partial charge is 0.342 e. The summed E-state index contributed by atoms with van der Waals surface area (Å²) in [6.45, 7) is 6.60. The Kier molecular flexibility index (Phi) is 6.59. The summed E-state index contributed by atoms with van der Waals surface area (Å²) < 4.78 is 0. The van der Waals surface area contributed by atoms with Crippen LogP contribution in [0.4, 0.5) is 5.69 Å². The second-order valence-corrected chi connectivity index (χ2v) is 6.41. The summed E-state index contributed by atoms with van der Waals surface area (Å²) in [4.78, 5) is 25.3. The summed E-state index contributed by atoms with van der Waals surface area (Å²) in [5, 5.41) is 5.59. The van der Waals surface area contributed by atoms with Crippen LogP contribution in [0.3, 0.4) is 0 Å². The molecular formula is C18H28N3O2+. The van der Waals surface area contributed by atoms with Gasteiger partial charge in [0.2, 0.25) is 5.91 Å². The lowest BCUT2D eigenvalue weighted by Crippen LogP contribution is -3.13. The highest BCUT2D eigenvalue weighted by atomic mass is 16.2. The summed E-state index contributed by atoms with van der Waals surface area (Å²) in [6.07, 6.45) is 4.91. The number of carbonyl (C=O) groups excluding carboxylic acids is 2. The Labute approximate surface area is 138 Å². The van der Waals surface area contributed by atoms with E-state index < -0.39 is 0 Å². The van der Waals surface area contributed by atoms with Crippen LogP contribution in [0, 0.1) is 13.8 Å². The summed E-state index contributed by atoms with van der Waals surface area (Å²) in [5.74, 6) is -0.226. The van der Waals surface area contributed by atoms with Crippen LogP contribution in [0.25, 0.3) is 0 Å². The first kappa shape index (κ1) is 17.5. The van der Waals surface area contributed by atoms with Crippen molar-refractivity contribution in [3.05, 3.63) is 29.3 Å². The second kappa shape index (κ2) is 8.67. The molecule has 1 aliphatic rings. The molecule has 0 saturated carbocycles. The van der Waals surface area contributed by atoms with Crippen molar-refractivity contribution in [3.63, 3.8) is 0 Å². The molecule has 0 bridgehead atoms. The maximum atomic E-state index is 12.0. The number of benzene rings is 1. The van der Waals surface area contributed by atoms with Crippen LogP contribution in [0.1, 0.15) is 36.8 Å². The first-order chi connectivity index (χ1) is 11.1. The number of carbonyl (C=O) groups is 2. The lowest BCUT2D eigenvalue weighted by molar-refractivity contribution is -0.891. The van der Waals surface area contributed by atoms with E-state index in [-0.39, 0.29) is 18.4 Å². The molecule has 1 aromatic carbocycles. The van der Waals surface area contributed by atoms with Gasteiger partial charge < -0.3 is 15.5 Å². The molecule has 0 spiro atoms. The Hall–Kier alpha value is -1.88. The second-order valence-electron chi connectivity index (χ2n) is 6.41. The molecule has 2 rings (SSSR count). The number of nitrogens with one attached hydrogen (secondary N) is 3. The number of likely N-dealkylation sites (tertiary alicyclic amines) is 1. The first-order valence-corrected chi connectivity index (χ1v) is 8.52. The first-order valence-electron chi connectivity index (χ1n) is 8.52. The van der Waals surface area contributed by atoms with Gasteiger partial charge in [-0.25, -0.2) is 0 Å².